The van der Waals surface area contributed by atoms with E-state index >= 15 is 0 Å². The number of methoxy groups -OCH3 is 1. The van der Waals surface area contributed by atoms with Crippen molar-refractivity contribution in [3.05, 3.63) is 28.8 Å². The van der Waals surface area contributed by atoms with Gasteiger partial charge in [-0.2, -0.15) is 0 Å². The fraction of sp³-hybridized carbons (Fsp3) is 0.538. The predicted octanol–water partition coefficient (Wildman–Crippen LogP) is 2.59. The maximum atomic E-state index is 6.02. The average molecular weight is 207 g/mol. The molecular formula is C13H21NO. The second-order valence-corrected chi connectivity index (χ2v) is 4.91. The van der Waals surface area contributed by atoms with Crippen LogP contribution < -0.4 is 10.5 Å². The van der Waals surface area contributed by atoms with Gasteiger partial charge < -0.3 is 10.5 Å². The molecule has 0 atom stereocenters. The van der Waals surface area contributed by atoms with Gasteiger partial charge in [-0.3, -0.25) is 0 Å². The second kappa shape index (κ2) is 4.23. The van der Waals surface area contributed by atoms with Gasteiger partial charge in [0.15, 0.2) is 0 Å². The van der Waals surface area contributed by atoms with Crippen molar-refractivity contribution >= 4 is 0 Å². The van der Waals surface area contributed by atoms with E-state index in [1.165, 1.54) is 16.7 Å². The van der Waals surface area contributed by atoms with E-state index in [2.05, 4.69) is 26.0 Å². The number of aryl methyl sites for hydroxylation is 2. The molecule has 2 heteroatoms. The molecule has 84 valence electrons. The molecule has 1 aromatic carbocycles. The SMILES string of the molecule is COc1cc(C)c(C)cc1CC(C)(C)N. The van der Waals surface area contributed by atoms with Crippen molar-refractivity contribution in [3.8, 4) is 5.75 Å². The van der Waals surface area contributed by atoms with E-state index in [4.69, 9.17) is 10.5 Å². The molecule has 2 N–H and O–H groups in total. The van der Waals surface area contributed by atoms with Crippen LogP contribution in [0.2, 0.25) is 0 Å². The Bertz CT molecular complexity index is 350. The molecule has 0 radical (unpaired) electrons. The third-order valence-corrected chi connectivity index (χ3v) is 2.54. The van der Waals surface area contributed by atoms with Crippen LogP contribution in [0, 0.1) is 13.8 Å². The highest BCUT2D eigenvalue weighted by atomic mass is 16.5. The molecule has 1 aromatic rings. The highest BCUT2D eigenvalue weighted by molar-refractivity contribution is 5.42. The third-order valence-electron chi connectivity index (χ3n) is 2.54. The van der Waals surface area contributed by atoms with Crippen LogP contribution in [0.15, 0.2) is 12.1 Å². The zero-order valence-electron chi connectivity index (χ0n) is 10.3. The summed E-state index contributed by atoms with van der Waals surface area (Å²) in [6.07, 6.45) is 0.831. The third kappa shape index (κ3) is 3.24. The molecule has 0 bridgehead atoms. The van der Waals surface area contributed by atoms with Gasteiger partial charge in [0.2, 0.25) is 0 Å². The molecule has 0 aliphatic heterocycles. The molecule has 0 aliphatic rings. The lowest BCUT2D eigenvalue weighted by Crippen LogP contribution is -2.34. The number of hydrogen-bond donors (Lipinski definition) is 1. The standard InChI is InChI=1S/C13H21NO/c1-9-6-11(8-13(3,4)14)12(15-5)7-10(9)2/h6-7H,8,14H2,1-5H3. The number of nitrogens with two attached hydrogens (primary N) is 1. The average Bonchev–Trinajstić information content (AvgIpc) is 2.08. The molecule has 0 saturated heterocycles. The molecule has 0 aliphatic carbocycles. The van der Waals surface area contributed by atoms with Gasteiger partial charge in [-0.05, 0) is 56.9 Å². The zero-order valence-corrected chi connectivity index (χ0v) is 10.3. The summed E-state index contributed by atoms with van der Waals surface area (Å²) in [6.45, 7) is 8.26. The van der Waals surface area contributed by atoms with Gasteiger partial charge >= 0.3 is 0 Å². The maximum Gasteiger partial charge on any atom is 0.122 e. The van der Waals surface area contributed by atoms with Crippen LogP contribution in [0.25, 0.3) is 0 Å². The molecule has 0 saturated carbocycles. The van der Waals surface area contributed by atoms with Crippen LogP contribution in [-0.2, 0) is 6.42 Å². The largest absolute Gasteiger partial charge is 0.496 e. The summed E-state index contributed by atoms with van der Waals surface area (Å²) in [4.78, 5) is 0. The Morgan fingerprint density at radius 1 is 1.20 bits per heavy atom. The van der Waals surface area contributed by atoms with Crippen molar-refractivity contribution in [1.29, 1.82) is 0 Å². The fourth-order valence-corrected chi connectivity index (χ4v) is 1.67. The normalized spacial score (nSPS) is 11.6. The smallest absolute Gasteiger partial charge is 0.122 e. The summed E-state index contributed by atoms with van der Waals surface area (Å²) < 4.78 is 5.37. The van der Waals surface area contributed by atoms with Crippen molar-refractivity contribution in [3.63, 3.8) is 0 Å². The highest BCUT2D eigenvalue weighted by Crippen LogP contribution is 2.25. The first kappa shape index (κ1) is 12.1. The van der Waals surface area contributed by atoms with Crippen LogP contribution in [-0.4, -0.2) is 12.6 Å². The molecule has 0 spiro atoms. The van der Waals surface area contributed by atoms with Gasteiger partial charge in [-0.15, -0.1) is 0 Å². The van der Waals surface area contributed by atoms with Gasteiger partial charge in [0, 0.05) is 5.54 Å². The number of rotatable bonds is 3. The topological polar surface area (TPSA) is 35.2 Å². The van der Waals surface area contributed by atoms with E-state index in [0.29, 0.717) is 0 Å². The highest BCUT2D eigenvalue weighted by Gasteiger charge is 2.15. The number of ether oxygens (including phenoxy) is 1. The molecule has 0 amide bonds. The van der Waals surface area contributed by atoms with Gasteiger partial charge in [-0.1, -0.05) is 6.07 Å². The van der Waals surface area contributed by atoms with Gasteiger partial charge in [-0.25, -0.2) is 0 Å². The molecule has 0 aromatic heterocycles. The first-order chi connectivity index (χ1) is 6.83. The Morgan fingerprint density at radius 3 is 2.20 bits per heavy atom. The Kier molecular flexibility index (Phi) is 3.40. The lowest BCUT2D eigenvalue weighted by atomic mass is 9.93. The summed E-state index contributed by atoms with van der Waals surface area (Å²) in [6, 6.07) is 4.25. The predicted molar refractivity (Wildman–Crippen MR) is 64.4 cm³/mol. The molecule has 15 heavy (non-hydrogen) atoms. The van der Waals surface area contributed by atoms with Crippen molar-refractivity contribution in [2.75, 3.05) is 7.11 Å². The molecule has 1 rings (SSSR count). The van der Waals surface area contributed by atoms with Gasteiger partial charge in [0.25, 0.3) is 0 Å². The Hall–Kier alpha value is -1.02. The second-order valence-electron chi connectivity index (χ2n) is 4.91. The van der Waals surface area contributed by atoms with Crippen molar-refractivity contribution < 1.29 is 4.74 Å². The quantitative estimate of drug-likeness (QED) is 0.827. The van der Waals surface area contributed by atoms with Crippen molar-refractivity contribution in [1.82, 2.24) is 0 Å². The minimum atomic E-state index is -0.199. The zero-order chi connectivity index (χ0) is 11.6. The minimum absolute atomic E-state index is 0.199. The first-order valence-electron chi connectivity index (χ1n) is 5.26. The molecule has 2 nitrogen and oxygen atoms in total. The van der Waals surface area contributed by atoms with Crippen molar-refractivity contribution in [2.24, 2.45) is 5.73 Å². The van der Waals surface area contributed by atoms with E-state index in [9.17, 15) is 0 Å². The van der Waals surface area contributed by atoms with Gasteiger partial charge in [0.1, 0.15) is 5.75 Å². The number of hydrogen-bond acceptors (Lipinski definition) is 2. The lowest BCUT2D eigenvalue weighted by molar-refractivity contribution is 0.402. The van der Waals surface area contributed by atoms with Crippen molar-refractivity contribution in [2.45, 2.75) is 39.7 Å². The van der Waals surface area contributed by atoms with E-state index in [0.717, 1.165) is 12.2 Å². The molecule has 0 fully saturated rings. The Morgan fingerprint density at radius 2 is 1.73 bits per heavy atom. The number of benzene rings is 1. The van der Waals surface area contributed by atoms with E-state index in [1.54, 1.807) is 7.11 Å². The molecular weight excluding hydrogens is 186 g/mol. The molecule has 0 heterocycles. The summed E-state index contributed by atoms with van der Waals surface area (Å²) >= 11 is 0. The fourth-order valence-electron chi connectivity index (χ4n) is 1.67. The van der Waals surface area contributed by atoms with Crippen LogP contribution in [0.4, 0.5) is 0 Å². The van der Waals surface area contributed by atoms with Crippen LogP contribution in [0.5, 0.6) is 5.75 Å². The first-order valence-corrected chi connectivity index (χ1v) is 5.26. The van der Waals surface area contributed by atoms with Crippen LogP contribution in [0.3, 0.4) is 0 Å². The maximum absolute atomic E-state index is 6.02. The Labute approximate surface area is 92.4 Å². The summed E-state index contributed by atoms with van der Waals surface area (Å²) in [7, 11) is 1.71. The molecule has 0 unspecified atom stereocenters. The van der Waals surface area contributed by atoms with Crippen LogP contribution in [0.1, 0.15) is 30.5 Å². The van der Waals surface area contributed by atoms with Crippen LogP contribution >= 0.6 is 0 Å². The summed E-state index contributed by atoms with van der Waals surface area (Å²) in [5.41, 5.74) is 9.55. The monoisotopic (exact) mass is 207 g/mol. The van der Waals surface area contributed by atoms with E-state index in [1.807, 2.05) is 13.8 Å². The Balaban J connectivity index is 3.11. The van der Waals surface area contributed by atoms with Gasteiger partial charge in [0.05, 0.1) is 7.11 Å². The lowest BCUT2D eigenvalue weighted by Gasteiger charge is -2.21. The minimum Gasteiger partial charge on any atom is -0.496 e. The van der Waals surface area contributed by atoms with E-state index < -0.39 is 0 Å². The van der Waals surface area contributed by atoms with E-state index in [-0.39, 0.29) is 5.54 Å². The summed E-state index contributed by atoms with van der Waals surface area (Å²) in [5.74, 6) is 0.941. The summed E-state index contributed by atoms with van der Waals surface area (Å²) in [5, 5.41) is 0.